The summed E-state index contributed by atoms with van der Waals surface area (Å²) in [7, 11) is -4.37. The molecule has 1 atom stereocenters. The van der Waals surface area contributed by atoms with Crippen molar-refractivity contribution in [2.24, 2.45) is 0 Å². The maximum Gasteiger partial charge on any atom is 0.271 e. The van der Waals surface area contributed by atoms with E-state index in [2.05, 4.69) is 21.2 Å². The van der Waals surface area contributed by atoms with Gasteiger partial charge in [0, 0.05) is 35.6 Å². The number of halogens is 1. The molecule has 0 bridgehead atoms. The summed E-state index contributed by atoms with van der Waals surface area (Å²) >= 11 is 3.48. The quantitative estimate of drug-likeness (QED) is 0.129. The normalized spacial score (nSPS) is 13.9. The number of anilines is 1. The molecule has 12 heteroatoms. The highest BCUT2D eigenvalue weighted by Gasteiger charge is 2.36. The van der Waals surface area contributed by atoms with E-state index in [-0.39, 0.29) is 41.2 Å². The number of rotatable bonds is 13. The number of hydrogen-bond donors (Lipinski definition) is 1. The number of sulfonamides is 1. The maximum absolute atomic E-state index is 14.6. The van der Waals surface area contributed by atoms with Gasteiger partial charge >= 0.3 is 0 Å². The molecule has 5 rings (SSSR count). The molecule has 1 aliphatic rings. The molecule has 0 aromatic heterocycles. The molecule has 0 heterocycles. The number of nitrogens with one attached hydrogen (secondary N) is 1. The van der Waals surface area contributed by atoms with Gasteiger partial charge in [-0.05, 0) is 54.3 Å². The number of nitro benzene ring substituents is 1. The molecule has 1 aliphatic carbocycles. The van der Waals surface area contributed by atoms with E-state index in [1.165, 1.54) is 35.2 Å². The summed E-state index contributed by atoms with van der Waals surface area (Å²) in [6, 6.07) is 28.4. The Morgan fingerprint density at radius 3 is 2.17 bits per heavy atom. The average molecular weight is 720 g/mol. The summed E-state index contributed by atoms with van der Waals surface area (Å²) < 4.78 is 29.9. The molecule has 0 saturated heterocycles. The molecular formula is C35H35BrN4O6S. The van der Waals surface area contributed by atoms with Gasteiger partial charge in [-0.2, -0.15) is 0 Å². The van der Waals surface area contributed by atoms with Crippen molar-refractivity contribution in [2.75, 3.05) is 10.8 Å². The standard InChI is InChI=1S/C35H35BrN4O6S/c36-28-14-9-13-27(21-28)24-38(33(22-26-11-3-1-4-12-26)35(42)37-29-15-7-8-16-29)34(41)25-39(30-17-10-18-31(23-30)40(43)44)47(45,46)32-19-5-2-6-20-32/h1-6,9-14,17-21,23,29,33H,7-8,15-16,22,24-25H2,(H,37,42)/t33-/m1/s1. The van der Waals surface area contributed by atoms with Crippen molar-refractivity contribution >= 4 is 49.1 Å². The number of amides is 2. The largest absolute Gasteiger partial charge is 0.352 e. The molecule has 4 aromatic carbocycles. The van der Waals surface area contributed by atoms with Gasteiger partial charge in [-0.1, -0.05) is 95.5 Å². The molecular weight excluding hydrogens is 684 g/mol. The van der Waals surface area contributed by atoms with E-state index in [1.54, 1.807) is 18.2 Å². The van der Waals surface area contributed by atoms with Crippen LogP contribution < -0.4 is 9.62 Å². The zero-order valence-corrected chi connectivity index (χ0v) is 28.0. The highest BCUT2D eigenvalue weighted by atomic mass is 79.9. The van der Waals surface area contributed by atoms with Crippen molar-refractivity contribution < 1.29 is 22.9 Å². The van der Waals surface area contributed by atoms with E-state index in [4.69, 9.17) is 0 Å². The predicted octanol–water partition coefficient (Wildman–Crippen LogP) is 6.25. The molecule has 2 amide bonds. The van der Waals surface area contributed by atoms with Crippen LogP contribution in [-0.4, -0.2) is 48.7 Å². The van der Waals surface area contributed by atoms with Crippen molar-refractivity contribution in [3.8, 4) is 0 Å². The molecule has 0 unspecified atom stereocenters. The van der Waals surface area contributed by atoms with Gasteiger partial charge in [0.05, 0.1) is 15.5 Å². The Labute approximate surface area is 282 Å². The third-order valence-corrected chi connectivity index (χ3v) is 10.4. The summed E-state index contributed by atoms with van der Waals surface area (Å²) in [5.74, 6) is -0.963. The monoisotopic (exact) mass is 718 g/mol. The fourth-order valence-corrected chi connectivity index (χ4v) is 7.64. The molecule has 0 spiro atoms. The lowest BCUT2D eigenvalue weighted by atomic mass is 10.0. The Balaban J connectivity index is 1.58. The van der Waals surface area contributed by atoms with E-state index in [0.29, 0.717) is 0 Å². The molecule has 244 valence electrons. The minimum absolute atomic E-state index is 0.0107. The average Bonchev–Trinajstić information content (AvgIpc) is 3.59. The number of nitro groups is 1. The Morgan fingerprint density at radius 2 is 1.51 bits per heavy atom. The Hall–Kier alpha value is -4.55. The number of non-ortho nitro benzene ring substituents is 1. The molecule has 47 heavy (non-hydrogen) atoms. The van der Waals surface area contributed by atoms with Crippen LogP contribution in [0.4, 0.5) is 11.4 Å². The number of benzene rings is 4. The second-order valence-electron chi connectivity index (χ2n) is 11.4. The zero-order chi connectivity index (χ0) is 33.4. The van der Waals surface area contributed by atoms with Gasteiger partial charge in [0.25, 0.3) is 15.7 Å². The Bertz CT molecular complexity index is 1820. The third-order valence-electron chi connectivity index (χ3n) is 8.15. The third kappa shape index (κ3) is 8.63. The smallest absolute Gasteiger partial charge is 0.271 e. The van der Waals surface area contributed by atoms with Gasteiger partial charge in [-0.25, -0.2) is 8.42 Å². The molecule has 0 radical (unpaired) electrons. The van der Waals surface area contributed by atoms with Crippen molar-refractivity contribution in [3.63, 3.8) is 0 Å². The summed E-state index contributed by atoms with van der Waals surface area (Å²) in [6.07, 6.45) is 3.90. The highest BCUT2D eigenvalue weighted by Crippen LogP contribution is 2.28. The lowest BCUT2D eigenvalue weighted by Gasteiger charge is -2.34. The SMILES string of the molecule is O=C(NC1CCCC1)[C@@H](Cc1ccccc1)N(Cc1cccc(Br)c1)C(=O)CN(c1cccc([N+](=O)[O-])c1)S(=O)(=O)c1ccccc1. The predicted molar refractivity (Wildman–Crippen MR) is 183 cm³/mol. The van der Waals surface area contributed by atoms with Crippen molar-refractivity contribution in [3.05, 3.63) is 135 Å². The highest BCUT2D eigenvalue weighted by molar-refractivity contribution is 9.10. The van der Waals surface area contributed by atoms with Crippen LogP contribution in [0.2, 0.25) is 0 Å². The summed E-state index contributed by atoms with van der Waals surface area (Å²) in [4.78, 5) is 41.0. The Morgan fingerprint density at radius 1 is 0.872 bits per heavy atom. The van der Waals surface area contributed by atoms with Gasteiger partial charge in [0.1, 0.15) is 12.6 Å². The fraction of sp³-hybridized carbons (Fsp3) is 0.257. The van der Waals surface area contributed by atoms with Crippen molar-refractivity contribution in [2.45, 2.75) is 55.6 Å². The lowest BCUT2D eigenvalue weighted by Crippen LogP contribution is -2.54. The van der Waals surface area contributed by atoms with E-state index in [0.717, 1.165) is 51.7 Å². The minimum Gasteiger partial charge on any atom is -0.352 e. The van der Waals surface area contributed by atoms with E-state index in [1.807, 2.05) is 54.6 Å². The number of carbonyl (C=O) groups excluding carboxylic acids is 2. The number of carbonyl (C=O) groups is 2. The van der Waals surface area contributed by atoms with Crippen LogP contribution in [0.3, 0.4) is 0 Å². The second-order valence-corrected chi connectivity index (χ2v) is 14.2. The second kappa shape index (κ2) is 15.4. The van der Waals surface area contributed by atoms with Crippen LogP contribution in [0.15, 0.2) is 119 Å². The molecule has 1 fully saturated rings. The van der Waals surface area contributed by atoms with E-state index in [9.17, 15) is 28.1 Å². The van der Waals surface area contributed by atoms with Gasteiger partial charge in [0.15, 0.2) is 0 Å². The van der Waals surface area contributed by atoms with Gasteiger partial charge in [-0.3, -0.25) is 24.0 Å². The van der Waals surface area contributed by atoms with Crippen LogP contribution >= 0.6 is 15.9 Å². The zero-order valence-electron chi connectivity index (χ0n) is 25.6. The molecule has 4 aromatic rings. The molecule has 0 aliphatic heterocycles. The number of nitrogens with zero attached hydrogens (tertiary/aromatic N) is 3. The van der Waals surface area contributed by atoms with Crippen LogP contribution in [0.5, 0.6) is 0 Å². The topological polar surface area (TPSA) is 130 Å². The van der Waals surface area contributed by atoms with E-state index < -0.39 is 33.4 Å². The van der Waals surface area contributed by atoms with Crippen LogP contribution in [0, 0.1) is 10.1 Å². The lowest BCUT2D eigenvalue weighted by molar-refractivity contribution is -0.384. The van der Waals surface area contributed by atoms with Gasteiger partial charge in [0.2, 0.25) is 11.8 Å². The van der Waals surface area contributed by atoms with Crippen molar-refractivity contribution in [1.82, 2.24) is 10.2 Å². The van der Waals surface area contributed by atoms with Gasteiger partial charge in [-0.15, -0.1) is 0 Å². The Kier molecular flexibility index (Phi) is 11.0. The first-order valence-electron chi connectivity index (χ1n) is 15.3. The van der Waals surface area contributed by atoms with Gasteiger partial charge < -0.3 is 10.2 Å². The maximum atomic E-state index is 14.6. The summed E-state index contributed by atoms with van der Waals surface area (Å²) in [5, 5.41) is 14.8. The van der Waals surface area contributed by atoms with E-state index >= 15 is 0 Å². The first-order valence-corrected chi connectivity index (χ1v) is 17.6. The first kappa shape index (κ1) is 33.8. The molecule has 10 nitrogen and oxygen atoms in total. The summed E-state index contributed by atoms with van der Waals surface area (Å²) in [6.45, 7) is -0.684. The first-order chi connectivity index (χ1) is 22.6. The van der Waals surface area contributed by atoms with Crippen LogP contribution in [-0.2, 0) is 32.6 Å². The van der Waals surface area contributed by atoms with Crippen LogP contribution in [0.1, 0.15) is 36.8 Å². The minimum atomic E-state index is -4.37. The molecule has 1 N–H and O–H groups in total. The molecule has 1 saturated carbocycles. The fourth-order valence-electron chi connectivity index (χ4n) is 5.76. The summed E-state index contributed by atoms with van der Waals surface area (Å²) in [5.41, 5.74) is 1.19. The number of hydrogen-bond acceptors (Lipinski definition) is 6. The van der Waals surface area contributed by atoms with Crippen molar-refractivity contribution in [1.29, 1.82) is 0 Å². The van der Waals surface area contributed by atoms with Crippen LogP contribution in [0.25, 0.3) is 0 Å².